The van der Waals surface area contributed by atoms with Gasteiger partial charge in [0.2, 0.25) is 0 Å². The maximum Gasteiger partial charge on any atom is 0.410 e. The third-order valence-electron chi connectivity index (χ3n) is 5.08. The van der Waals surface area contributed by atoms with Crippen molar-refractivity contribution < 1.29 is 19.1 Å². The average Bonchev–Trinajstić information content (AvgIpc) is 2.95. The molecule has 3 atom stereocenters. The van der Waals surface area contributed by atoms with Crippen molar-refractivity contribution in [2.75, 3.05) is 19.6 Å². The zero-order valence-electron chi connectivity index (χ0n) is 16.3. The van der Waals surface area contributed by atoms with Crippen LogP contribution < -0.4 is 5.73 Å². The minimum Gasteiger partial charge on any atom is -0.445 e. The molecule has 27 heavy (non-hydrogen) atoms. The molecule has 2 N–H and O–H groups in total. The molecule has 0 bridgehead atoms. The van der Waals surface area contributed by atoms with Crippen molar-refractivity contribution >= 4 is 12.2 Å². The van der Waals surface area contributed by atoms with E-state index in [1.807, 2.05) is 51.1 Å². The molecular formula is C20H29N3O4. The van der Waals surface area contributed by atoms with Crippen molar-refractivity contribution in [2.24, 2.45) is 11.7 Å². The van der Waals surface area contributed by atoms with Gasteiger partial charge in [0.15, 0.2) is 0 Å². The molecule has 3 rings (SSSR count). The summed E-state index contributed by atoms with van der Waals surface area (Å²) in [6.07, 6.45) is 0.0277. The molecule has 0 aliphatic carbocycles. The van der Waals surface area contributed by atoms with E-state index in [0.29, 0.717) is 19.6 Å². The van der Waals surface area contributed by atoms with E-state index in [2.05, 4.69) is 0 Å². The molecule has 1 aromatic rings. The maximum atomic E-state index is 12.6. The van der Waals surface area contributed by atoms with Crippen molar-refractivity contribution in [3.63, 3.8) is 0 Å². The van der Waals surface area contributed by atoms with E-state index in [1.165, 1.54) is 0 Å². The highest BCUT2D eigenvalue weighted by atomic mass is 16.6. The zero-order valence-corrected chi connectivity index (χ0v) is 16.3. The number of hydrogen-bond donors (Lipinski definition) is 1. The van der Waals surface area contributed by atoms with Crippen LogP contribution in [0, 0.1) is 5.92 Å². The first-order chi connectivity index (χ1) is 12.7. The van der Waals surface area contributed by atoms with Gasteiger partial charge in [-0.2, -0.15) is 0 Å². The van der Waals surface area contributed by atoms with Crippen LogP contribution >= 0.6 is 0 Å². The number of nitrogens with two attached hydrogens (primary N) is 1. The molecule has 2 aliphatic heterocycles. The monoisotopic (exact) mass is 375 g/mol. The Kier molecular flexibility index (Phi) is 5.60. The van der Waals surface area contributed by atoms with Crippen LogP contribution in [0.2, 0.25) is 0 Å². The molecule has 7 heteroatoms. The molecule has 0 radical (unpaired) electrons. The number of nitrogens with zero attached hydrogens (tertiary/aromatic N) is 2. The van der Waals surface area contributed by atoms with Crippen LogP contribution in [0.3, 0.4) is 0 Å². The number of benzene rings is 1. The van der Waals surface area contributed by atoms with E-state index in [-0.39, 0.29) is 36.8 Å². The molecule has 148 valence electrons. The van der Waals surface area contributed by atoms with Crippen LogP contribution in [-0.2, 0) is 16.1 Å². The Morgan fingerprint density at radius 1 is 1.15 bits per heavy atom. The van der Waals surface area contributed by atoms with E-state index in [4.69, 9.17) is 15.2 Å². The third kappa shape index (κ3) is 4.71. The van der Waals surface area contributed by atoms with E-state index in [9.17, 15) is 9.59 Å². The Hall–Kier alpha value is -2.28. The average molecular weight is 375 g/mol. The number of carbonyl (C=O) groups is 2. The quantitative estimate of drug-likeness (QED) is 0.859. The summed E-state index contributed by atoms with van der Waals surface area (Å²) >= 11 is 0. The highest BCUT2D eigenvalue weighted by Crippen LogP contribution is 2.32. The standard InChI is InChI=1S/C20H29N3O4/c1-20(2,3)27-18(24)22-10-9-15-16(21)11-23(17(15)12-22)19(25)26-13-14-7-5-4-6-8-14/h4-8,15-17H,9-13,21H2,1-3H3. The Morgan fingerprint density at radius 3 is 2.52 bits per heavy atom. The Labute approximate surface area is 160 Å². The van der Waals surface area contributed by atoms with Gasteiger partial charge in [-0.25, -0.2) is 9.59 Å². The number of carbonyl (C=O) groups excluding carboxylic acids is 2. The van der Waals surface area contributed by atoms with Crippen molar-refractivity contribution in [3.05, 3.63) is 35.9 Å². The molecule has 2 heterocycles. The van der Waals surface area contributed by atoms with E-state index >= 15 is 0 Å². The molecule has 2 aliphatic rings. The second-order valence-electron chi connectivity index (χ2n) is 8.30. The first-order valence-electron chi connectivity index (χ1n) is 9.45. The highest BCUT2D eigenvalue weighted by Gasteiger charge is 2.47. The van der Waals surface area contributed by atoms with Gasteiger partial charge in [-0.3, -0.25) is 0 Å². The lowest BCUT2D eigenvalue weighted by Crippen LogP contribution is -2.53. The second-order valence-corrected chi connectivity index (χ2v) is 8.30. The number of rotatable bonds is 2. The van der Waals surface area contributed by atoms with Crippen molar-refractivity contribution in [3.8, 4) is 0 Å². The molecule has 0 saturated carbocycles. The predicted octanol–water partition coefficient (Wildman–Crippen LogP) is 2.59. The van der Waals surface area contributed by atoms with E-state index in [0.717, 1.165) is 12.0 Å². The summed E-state index contributed by atoms with van der Waals surface area (Å²) < 4.78 is 11.0. The number of amides is 2. The molecule has 2 fully saturated rings. The van der Waals surface area contributed by atoms with Crippen LogP contribution in [-0.4, -0.2) is 59.3 Å². The molecule has 1 aromatic carbocycles. The number of ether oxygens (including phenoxy) is 2. The summed E-state index contributed by atoms with van der Waals surface area (Å²) in [5.74, 6) is 0.174. The number of hydrogen-bond acceptors (Lipinski definition) is 5. The minimum atomic E-state index is -0.547. The molecule has 3 unspecified atom stereocenters. The van der Waals surface area contributed by atoms with Gasteiger partial charge in [-0.15, -0.1) is 0 Å². The molecule has 2 amide bonds. The van der Waals surface area contributed by atoms with Gasteiger partial charge in [0, 0.05) is 25.7 Å². The Morgan fingerprint density at radius 2 is 1.85 bits per heavy atom. The summed E-state index contributed by atoms with van der Waals surface area (Å²) in [5, 5.41) is 0. The first kappa shape index (κ1) is 19.5. The molecular weight excluding hydrogens is 346 g/mol. The van der Waals surface area contributed by atoms with Crippen molar-refractivity contribution in [2.45, 2.75) is 51.5 Å². The lowest BCUT2D eigenvalue weighted by Gasteiger charge is -2.38. The van der Waals surface area contributed by atoms with Crippen molar-refractivity contribution in [1.29, 1.82) is 0 Å². The zero-order chi connectivity index (χ0) is 19.6. The van der Waals surface area contributed by atoms with Gasteiger partial charge in [-0.05, 0) is 38.7 Å². The lowest BCUT2D eigenvalue weighted by atomic mass is 9.89. The van der Waals surface area contributed by atoms with Crippen LogP contribution in [0.4, 0.5) is 9.59 Å². The second kappa shape index (κ2) is 7.76. The van der Waals surface area contributed by atoms with Crippen LogP contribution in [0.5, 0.6) is 0 Å². The smallest absolute Gasteiger partial charge is 0.410 e. The van der Waals surface area contributed by atoms with E-state index in [1.54, 1.807) is 9.80 Å². The van der Waals surface area contributed by atoms with Crippen LogP contribution in [0.25, 0.3) is 0 Å². The summed E-state index contributed by atoms with van der Waals surface area (Å²) in [7, 11) is 0. The van der Waals surface area contributed by atoms with Gasteiger partial charge in [0.25, 0.3) is 0 Å². The Bertz CT molecular complexity index is 674. The fourth-order valence-electron chi connectivity index (χ4n) is 3.78. The van der Waals surface area contributed by atoms with Gasteiger partial charge in [-0.1, -0.05) is 30.3 Å². The summed E-state index contributed by atoms with van der Waals surface area (Å²) in [6, 6.07) is 9.33. The Balaban J connectivity index is 1.62. The minimum absolute atomic E-state index is 0.0972. The number of fused-ring (bicyclic) bond motifs is 1. The normalized spacial score (nSPS) is 25.1. The fourth-order valence-corrected chi connectivity index (χ4v) is 3.78. The number of likely N-dealkylation sites (tertiary alicyclic amines) is 2. The van der Waals surface area contributed by atoms with Gasteiger partial charge >= 0.3 is 12.2 Å². The number of piperidine rings is 1. The molecule has 0 aromatic heterocycles. The summed E-state index contributed by atoms with van der Waals surface area (Å²) in [5.41, 5.74) is 6.65. The lowest BCUT2D eigenvalue weighted by molar-refractivity contribution is 0.00830. The molecule has 2 saturated heterocycles. The van der Waals surface area contributed by atoms with Gasteiger partial charge < -0.3 is 25.0 Å². The fraction of sp³-hybridized carbons (Fsp3) is 0.600. The van der Waals surface area contributed by atoms with Crippen LogP contribution in [0.15, 0.2) is 30.3 Å². The third-order valence-corrected chi connectivity index (χ3v) is 5.08. The SMILES string of the molecule is CC(C)(C)OC(=O)N1CCC2C(N)CN(C(=O)OCc3ccccc3)C2C1. The highest BCUT2D eigenvalue weighted by molar-refractivity contribution is 5.70. The first-order valence-corrected chi connectivity index (χ1v) is 9.45. The van der Waals surface area contributed by atoms with Crippen LogP contribution in [0.1, 0.15) is 32.8 Å². The topological polar surface area (TPSA) is 85.1 Å². The largest absolute Gasteiger partial charge is 0.445 e. The molecule has 0 spiro atoms. The van der Waals surface area contributed by atoms with Gasteiger partial charge in [0.05, 0.1) is 6.04 Å². The predicted molar refractivity (Wildman–Crippen MR) is 101 cm³/mol. The summed E-state index contributed by atoms with van der Waals surface area (Å²) in [6.45, 7) is 7.22. The molecule has 7 nitrogen and oxygen atoms in total. The van der Waals surface area contributed by atoms with Crippen molar-refractivity contribution in [1.82, 2.24) is 9.80 Å². The maximum absolute atomic E-state index is 12.6. The van der Waals surface area contributed by atoms with Gasteiger partial charge in [0.1, 0.15) is 12.2 Å². The van der Waals surface area contributed by atoms with E-state index < -0.39 is 5.60 Å². The summed E-state index contributed by atoms with van der Waals surface area (Å²) in [4.78, 5) is 28.4.